The highest BCUT2D eigenvalue weighted by Gasteiger charge is 2.13. The van der Waals surface area contributed by atoms with Crippen molar-refractivity contribution in [2.24, 2.45) is 0 Å². The van der Waals surface area contributed by atoms with Crippen molar-refractivity contribution in [3.8, 4) is 11.4 Å². The second-order valence-corrected chi connectivity index (χ2v) is 6.00. The standard InChI is InChI=1S/C12H14ClN3S/c1-12(2,3)15-11-14-10(16-17-11)8-5-4-6-9(13)7-8/h4-7H,1-3H3,(H,14,15,16). The average Bonchev–Trinajstić information content (AvgIpc) is 2.63. The second-order valence-electron chi connectivity index (χ2n) is 4.81. The molecule has 3 nitrogen and oxygen atoms in total. The van der Waals surface area contributed by atoms with Crippen LogP contribution in [0.5, 0.6) is 0 Å². The van der Waals surface area contributed by atoms with Crippen LogP contribution in [0.1, 0.15) is 20.8 Å². The zero-order valence-corrected chi connectivity index (χ0v) is 11.6. The van der Waals surface area contributed by atoms with Gasteiger partial charge in [-0.05, 0) is 32.9 Å². The van der Waals surface area contributed by atoms with E-state index in [0.717, 1.165) is 10.7 Å². The van der Waals surface area contributed by atoms with Gasteiger partial charge in [0, 0.05) is 27.7 Å². The van der Waals surface area contributed by atoms with Crippen LogP contribution in [0.4, 0.5) is 5.13 Å². The highest BCUT2D eigenvalue weighted by atomic mass is 35.5. The quantitative estimate of drug-likeness (QED) is 0.891. The summed E-state index contributed by atoms with van der Waals surface area (Å²) in [7, 11) is 0. The van der Waals surface area contributed by atoms with Crippen LogP contribution in [0.3, 0.4) is 0 Å². The lowest BCUT2D eigenvalue weighted by molar-refractivity contribution is 0.633. The molecule has 2 rings (SSSR count). The molecule has 0 aliphatic heterocycles. The molecule has 0 spiro atoms. The molecular weight excluding hydrogens is 254 g/mol. The lowest BCUT2D eigenvalue weighted by Crippen LogP contribution is -2.25. The largest absolute Gasteiger partial charge is 0.356 e. The Hall–Kier alpha value is -1.13. The predicted molar refractivity (Wildman–Crippen MR) is 73.7 cm³/mol. The molecule has 0 amide bonds. The summed E-state index contributed by atoms with van der Waals surface area (Å²) in [4.78, 5) is 4.44. The third-order valence-corrected chi connectivity index (χ3v) is 2.86. The Morgan fingerprint density at radius 2 is 2.06 bits per heavy atom. The number of nitrogens with zero attached hydrogens (tertiary/aromatic N) is 2. The van der Waals surface area contributed by atoms with E-state index in [4.69, 9.17) is 11.6 Å². The first-order valence-electron chi connectivity index (χ1n) is 5.32. The number of anilines is 1. The van der Waals surface area contributed by atoms with Crippen LogP contribution in [0, 0.1) is 0 Å². The minimum absolute atomic E-state index is 0.00879. The molecule has 0 atom stereocenters. The molecule has 1 heterocycles. The van der Waals surface area contributed by atoms with E-state index in [-0.39, 0.29) is 5.54 Å². The Bertz CT molecular complexity index is 516. The molecule has 90 valence electrons. The molecule has 5 heteroatoms. The van der Waals surface area contributed by atoms with Crippen LogP contribution >= 0.6 is 23.1 Å². The van der Waals surface area contributed by atoms with E-state index in [2.05, 4.69) is 35.4 Å². The molecule has 0 saturated carbocycles. The zero-order chi connectivity index (χ0) is 12.5. The van der Waals surface area contributed by atoms with Crippen LogP contribution in [0.2, 0.25) is 5.02 Å². The van der Waals surface area contributed by atoms with Gasteiger partial charge in [0.1, 0.15) is 0 Å². The Labute approximate surface area is 110 Å². The molecule has 1 aromatic carbocycles. The fourth-order valence-corrected chi connectivity index (χ4v) is 2.33. The number of hydrogen-bond acceptors (Lipinski definition) is 4. The Kier molecular flexibility index (Phi) is 3.35. The van der Waals surface area contributed by atoms with Crippen molar-refractivity contribution < 1.29 is 0 Å². The fraction of sp³-hybridized carbons (Fsp3) is 0.333. The number of halogens is 1. The highest BCUT2D eigenvalue weighted by Crippen LogP contribution is 2.24. The van der Waals surface area contributed by atoms with Crippen molar-refractivity contribution in [2.45, 2.75) is 26.3 Å². The first-order chi connectivity index (χ1) is 7.94. The summed E-state index contributed by atoms with van der Waals surface area (Å²) < 4.78 is 4.32. The molecule has 0 bridgehead atoms. The summed E-state index contributed by atoms with van der Waals surface area (Å²) in [6.45, 7) is 6.27. The molecule has 1 N–H and O–H groups in total. The lowest BCUT2D eigenvalue weighted by atomic mass is 10.1. The van der Waals surface area contributed by atoms with E-state index in [1.54, 1.807) is 0 Å². The van der Waals surface area contributed by atoms with E-state index in [0.29, 0.717) is 10.8 Å². The minimum Gasteiger partial charge on any atom is -0.356 e. The zero-order valence-electron chi connectivity index (χ0n) is 9.99. The third-order valence-electron chi connectivity index (χ3n) is 1.99. The van der Waals surface area contributed by atoms with E-state index < -0.39 is 0 Å². The topological polar surface area (TPSA) is 37.8 Å². The molecule has 0 unspecified atom stereocenters. The summed E-state index contributed by atoms with van der Waals surface area (Å²) in [6, 6.07) is 7.56. The SMILES string of the molecule is CC(C)(C)Nc1nc(-c2cccc(Cl)c2)ns1. The lowest BCUT2D eigenvalue weighted by Gasteiger charge is -2.18. The molecule has 0 aliphatic carbocycles. The summed E-state index contributed by atoms with van der Waals surface area (Å²) in [6.07, 6.45) is 0. The van der Waals surface area contributed by atoms with E-state index >= 15 is 0 Å². The summed E-state index contributed by atoms with van der Waals surface area (Å²) in [5.74, 6) is 0.712. The number of aromatic nitrogens is 2. The van der Waals surface area contributed by atoms with Crippen molar-refractivity contribution in [3.05, 3.63) is 29.3 Å². The minimum atomic E-state index is -0.00879. The van der Waals surface area contributed by atoms with Gasteiger partial charge in [-0.1, -0.05) is 23.7 Å². The van der Waals surface area contributed by atoms with Crippen LogP contribution in [0.25, 0.3) is 11.4 Å². The van der Waals surface area contributed by atoms with Crippen LogP contribution in [-0.2, 0) is 0 Å². The average molecular weight is 268 g/mol. The van der Waals surface area contributed by atoms with Crippen molar-refractivity contribution in [3.63, 3.8) is 0 Å². The van der Waals surface area contributed by atoms with Crippen molar-refractivity contribution in [2.75, 3.05) is 5.32 Å². The number of benzene rings is 1. The Morgan fingerprint density at radius 1 is 1.29 bits per heavy atom. The molecule has 0 aliphatic rings. The van der Waals surface area contributed by atoms with Gasteiger partial charge in [0.25, 0.3) is 0 Å². The van der Waals surface area contributed by atoms with Crippen molar-refractivity contribution >= 4 is 28.3 Å². The molecule has 2 aromatic rings. The second kappa shape index (κ2) is 4.63. The normalized spacial score (nSPS) is 11.5. The maximum atomic E-state index is 5.94. The number of rotatable bonds is 2. The predicted octanol–water partition coefficient (Wildman–Crippen LogP) is 4.07. The van der Waals surface area contributed by atoms with Gasteiger partial charge >= 0.3 is 0 Å². The van der Waals surface area contributed by atoms with Gasteiger partial charge in [-0.15, -0.1) is 0 Å². The first kappa shape index (κ1) is 12.3. The molecule has 0 radical (unpaired) electrons. The third kappa shape index (κ3) is 3.41. The van der Waals surface area contributed by atoms with Crippen LogP contribution in [0.15, 0.2) is 24.3 Å². The summed E-state index contributed by atoms with van der Waals surface area (Å²) in [5.41, 5.74) is 0.932. The van der Waals surface area contributed by atoms with Gasteiger partial charge < -0.3 is 5.32 Å². The van der Waals surface area contributed by atoms with Gasteiger partial charge in [-0.25, -0.2) is 0 Å². The number of nitrogens with one attached hydrogen (secondary N) is 1. The van der Waals surface area contributed by atoms with Crippen LogP contribution < -0.4 is 5.32 Å². The smallest absolute Gasteiger partial charge is 0.203 e. The highest BCUT2D eigenvalue weighted by molar-refractivity contribution is 7.09. The summed E-state index contributed by atoms with van der Waals surface area (Å²) in [5, 5.41) is 4.82. The van der Waals surface area contributed by atoms with Gasteiger partial charge in [0.2, 0.25) is 5.13 Å². The van der Waals surface area contributed by atoms with Gasteiger partial charge in [0.15, 0.2) is 5.82 Å². The Morgan fingerprint density at radius 3 is 2.71 bits per heavy atom. The first-order valence-corrected chi connectivity index (χ1v) is 6.47. The maximum absolute atomic E-state index is 5.94. The molecule has 17 heavy (non-hydrogen) atoms. The van der Waals surface area contributed by atoms with Crippen molar-refractivity contribution in [1.82, 2.24) is 9.36 Å². The molecule has 0 saturated heterocycles. The van der Waals surface area contributed by atoms with Gasteiger partial charge in [0.05, 0.1) is 0 Å². The molecule has 0 fully saturated rings. The van der Waals surface area contributed by atoms with Crippen molar-refractivity contribution in [1.29, 1.82) is 0 Å². The van der Waals surface area contributed by atoms with E-state index in [1.165, 1.54) is 11.5 Å². The molecular formula is C12H14ClN3S. The van der Waals surface area contributed by atoms with Gasteiger partial charge in [-0.2, -0.15) is 9.36 Å². The maximum Gasteiger partial charge on any atom is 0.203 e. The number of hydrogen-bond donors (Lipinski definition) is 1. The fourth-order valence-electron chi connectivity index (χ4n) is 1.34. The van der Waals surface area contributed by atoms with Crippen LogP contribution in [-0.4, -0.2) is 14.9 Å². The Balaban J connectivity index is 2.24. The monoisotopic (exact) mass is 267 g/mol. The molecule has 1 aromatic heterocycles. The summed E-state index contributed by atoms with van der Waals surface area (Å²) >= 11 is 7.30. The van der Waals surface area contributed by atoms with E-state index in [9.17, 15) is 0 Å². The van der Waals surface area contributed by atoms with Gasteiger partial charge in [-0.3, -0.25) is 0 Å². The van der Waals surface area contributed by atoms with E-state index in [1.807, 2.05) is 24.3 Å².